The van der Waals surface area contributed by atoms with Gasteiger partial charge in [-0.05, 0) is 53.4 Å². The number of fused-ring (bicyclic) bond motifs is 1. The van der Waals surface area contributed by atoms with Crippen molar-refractivity contribution in [2.24, 2.45) is 0 Å². The maximum absolute atomic E-state index is 12.3. The van der Waals surface area contributed by atoms with E-state index in [-0.39, 0.29) is 17.9 Å². The van der Waals surface area contributed by atoms with Crippen LogP contribution in [0.4, 0.5) is 5.69 Å². The van der Waals surface area contributed by atoms with Crippen LogP contribution in [-0.4, -0.2) is 22.5 Å². The predicted molar refractivity (Wildman–Crippen MR) is 117 cm³/mol. The molecule has 0 aliphatic heterocycles. The third-order valence-electron chi connectivity index (χ3n) is 4.69. The number of hydrogen-bond acceptors (Lipinski definition) is 5. The monoisotopic (exact) mass is 401 g/mol. The van der Waals surface area contributed by atoms with Crippen LogP contribution in [0.2, 0.25) is 0 Å². The number of oxazole rings is 1. The van der Waals surface area contributed by atoms with E-state index >= 15 is 0 Å². The Bertz CT molecular complexity index is 1160. The van der Waals surface area contributed by atoms with Gasteiger partial charge in [0.2, 0.25) is 5.89 Å². The number of benzene rings is 2. The number of aromatic nitrogens is 2. The van der Waals surface area contributed by atoms with Crippen molar-refractivity contribution in [3.05, 3.63) is 72.6 Å². The molecule has 0 saturated heterocycles. The lowest BCUT2D eigenvalue weighted by molar-refractivity contribution is -0.118. The van der Waals surface area contributed by atoms with E-state index in [1.165, 1.54) is 5.56 Å². The second-order valence-electron chi connectivity index (χ2n) is 8.05. The van der Waals surface area contributed by atoms with Gasteiger partial charge >= 0.3 is 0 Å². The Hall–Kier alpha value is -3.67. The number of nitrogens with one attached hydrogen (secondary N) is 1. The molecule has 0 atom stereocenters. The minimum atomic E-state index is -0.243. The van der Waals surface area contributed by atoms with E-state index in [2.05, 4.69) is 36.1 Å². The molecule has 2 aromatic heterocycles. The van der Waals surface area contributed by atoms with E-state index in [4.69, 9.17) is 9.15 Å². The van der Waals surface area contributed by atoms with Gasteiger partial charge in [0.15, 0.2) is 12.2 Å². The van der Waals surface area contributed by atoms with Crippen LogP contribution in [0, 0.1) is 0 Å². The van der Waals surface area contributed by atoms with E-state index in [0.29, 0.717) is 28.4 Å². The van der Waals surface area contributed by atoms with Crippen molar-refractivity contribution >= 4 is 22.7 Å². The molecule has 0 aliphatic carbocycles. The van der Waals surface area contributed by atoms with Crippen molar-refractivity contribution in [2.45, 2.75) is 26.2 Å². The Morgan fingerprint density at radius 2 is 1.77 bits per heavy atom. The van der Waals surface area contributed by atoms with Crippen LogP contribution in [0.5, 0.6) is 5.75 Å². The largest absolute Gasteiger partial charge is 0.484 e. The molecule has 0 radical (unpaired) electrons. The minimum absolute atomic E-state index is 0.0754. The molecule has 152 valence electrons. The topological polar surface area (TPSA) is 77.2 Å². The average molecular weight is 401 g/mol. The summed E-state index contributed by atoms with van der Waals surface area (Å²) in [7, 11) is 0. The van der Waals surface area contributed by atoms with Crippen molar-refractivity contribution in [2.75, 3.05) is 11.9 Å². The summed E-state index contributed by atoms with van der Waals surface area (Å²) in [6.07, 6.45) is 3.37. The number of anilines is 1. The zero-order chi connectivity index (χ0) is 21.1. The second kappa shape index (κ2) is 7.99. The van der Waals surface area contributed by atoms with Gasteiger partial charge in [0, 0.05) is 23.6 Å². The first kappa shape index (κ1) is 19.6. The maximum Gasteiger partial charge on any atom is 0.262 e. The van der Waals surface area contributed by atoms with Crippen molar-refractivity contribution < 1.29 is 13.9 Å². The minimum Gasteiger partial charge on any atom is -0.484 e. The molecule has 4 aromatic rings. The number of pyridine rings is 1. The number of hydrogen-bond donors (Lipinski definition) is 1. The molecule has 4 rings (SSSR count). The third kappa shape index (κ3) is 4.49. The smallest absolute Gasteiger partial charge is 0.262 e. The van der Waals surface area contributed by atoms with E-state index < -0.39 is 0 Å². The van der Waals surface area contributed by atoms with Crippen LogP contribution >= 0.6 is 0 Å². The van der Waals surface area contributed by atoms with Gasteiger partial charge in [-0.3, -0.25) is 9.78 Å². The van der Waals surface area contributed by atoms with Gasteiger partial charge in [0.1, 0.15) is 11.3 Å². The van der Waals surface area contributed by atoms with Crippen molar-refractivity contribution in [3.63, 3.8) is 0 Å². The summed E-state index contributed by atoms with van der Waals surface area (Å²) in [6.45, 7) is 6.39. The number of rotatable bonds is 5. The lowest BCUT2D eigenvalue weighted by atomic mass is 9.87. The van der Waals surface area contributed by atoms with Gasteiger partial charge in [-0.2, -0.15) is 0 Å². The lowest BCUT2D eigenvalue weighted by Gasteiger charge is -2.19. The number of carbonyl (C=O) groups is 1. The molecule has 0 bridgehead atoms. The van der Waals surface area contributed by atoms with Crippen molar-refractivity contribution in [1.29, 1.82) is 0 Å². The van der Waals surface area contributed by atoms with Crippen LogP contribution in [-0.2, 0) is 10.2 Å². The molecule has 0 aliphatic rings. The van der Waals surface area contributed by atoms with Crippen LogP contribution in [0.3, 0.4) is 0 Å². The van der Waals surface area contributed by atoms with Gasteiger partial charge in [-0.25, -0.2) is 4.98 Å². The van der Waals surface area contributed by atoms with Crippen LogP contribution in [0.15, 0.2) is 71.4 Å². The quantitative estimate of drug-likeness (QED) is 0.497. The fourth-order valence-corrected chi connectivity index (χ4v) is 3.02. The molecule has 6 nitrogen and oxygen atoms in total. The number of ether oxygens (including phenoxy) is 1. The summed E-state index contributed by atoms with van der Waals surface area (Å²) in [4.78, 5) is 20.8. The fourth-order valence-electron chi connectivity index (χ4n) is 3.02. The molecular formula is C24H23N3O3. The Kier molecular flexibility index (Phi) is 5.23. The lowest BCUT2D eigenvalue weighted by Crippen LogP contribution is -2.20. The molecule has 30 heavy (non-hydrogen) atoms. The van der Waals surface area contributed by atoms with Crippen LogP contribution in [0.1, 0.15) is 26.3 Å². The fraction of sp³-hybridized carbons (Fsp3) is 0.208. The first-order valence-corrected chi connectivity index (χ1v) is 9.73. The predicted octanol–water partition coefficient (Wildman–Crippen LogP) is 5.20. The maximum atomic E-state index is 12.3. The zero-order valence-electron chi connectivity index (χ0n) is 17.2. The second-order valence-corrected chi connectivity index (χ2v) is 8.05. The zero-order valence-corrected chi connectivity index (χ0v) is 17.2. The highest BCUT2D eigenvalue weighted by atomic mass is 16.5. The third-order valence-corrected chi connectivity index (χ3v) is 4.69. The molecule has 2 aromatic carbocycles. The summed E-state index contributed by atoms with van der Waals surface area (Å²) in [6, 6.07) is 16.8. The summed E-state index contributed by atoms with van der Waals surface area (Å²) in [5, 5.41) is 2.83. The average Bonchev–Trinajstić information content (AvgIpc) is 3.16. The highest BCUT2D eigenvalue weighted by Crippen LogP contribution is 2.26. The van der Waals surface area contributed by atoms with Gasteiger partial charge in [-0.15, -0.1) is 0 Å². The normalized spacial score (nSPS) is 11.4. The van der Waals surface area contributed by atoms with Gasteiger partial charge in [-0.1, -0.05) is 32.9 Å². The summed E-state index contributed by atoms with van der Waals surface area (Å²) in [5.74, 6) is 0.928. The van der Waals surface area contributed by atoms with Crippen LogP contribution < -0.4 is 10.1 Å². The van der Waals surface area contributed by atoms with Crippen LogP contribution in [0.25, 0.3) is 22.6 Å². The molecule has 0 fully saturated rings. The van der Waals surface area contributed by atoms with E-state index in [1.807, 2.05) is 36.4 Å². The van der Waals surface area contributed by atoms with Crippen molar-refractivity contribution in [1.82, 2.24) is 9.97 Å². The molecule has 1 N–H and O–H groups in total. The molecule has 0 spiro atoms. The number of amides is 1. The van der Waals surface area contributed by atoms with Crippen molar-refractivity contribution in [3.8, 4) is 17.2 Å². The van der Waals surface area contributed by atoms with E-state index in [1.54, 1.807) is 30.6 Å². The molecule has 0 unspecified atom stereocenters. The van der Waals surface area contributed by atoms with Gasteiger partial charge < -0.3 is 14.5 Å². The van der Waals surface area contributed by atoms with Gasteiger partial charge in [0.25, 0.3) is 5.91 Å². The first-order chi connectivity index (χ1) is 14.4. The Balaban J connectivity index is 1.39. The first-order valence-electron chi connectivity index (χ1n) is 9.73. The number of carbonyl (C=O) groups excluding carboxylic acids is 1. The van der Waals surface area contributed by atoms with E-state index in [0.717, 1.165) is 5.56 Å². The molecule has 0 saturated carbocycles. The van der Waals surface area contributed by atoms with Gasteiger partial charge in [0.05, 0.1) is 0 Å². The standard InChI is InChI=1S/C24H23N3O3/c1-24(2,3)17-4-7-19(8-5-17)29-15-22(28)26-18-6-9-21-20(14-18)27-23(30-21)16-10-12-25-13-11-16/h4-14H,15H2,1-3H3,(H,26,28). The molecular weight excluding hydrogens is 378 g/mol. The molecule has 6 heteroatoms. The number of nitrogens with zero attached hydrogens (tertiary/aromatic N) is 2. The Morgan fingerprint density at radius 3 is 2.47 bits per heavy atom. The molecule has 2 heterocycles. The highest BCUT2D eigenvalue weighted by Gasteiger charge is 2.14. The summed E-state index contributed by atoms with van der Waals surface area (Å²) >= 11 is 0. The Morgan fingerprint density at radius 1 is 1.03 bits per heavy atom. The SMILES string of the molecule is CC(C)(C)c1ccc(OCC(=O)Nc2ccc3oc(-c4ccncc4)nc3c2)cc1. The summed E-state index contributed by atoms with van der Waals surface area (Å²) < 4.78 is 11.4. The summed E-state index contributed by atoms with van der Waals surface area (Å²) in [5.41, 5.74) is 4.08. The van der Waals surface area contributed by atoms with E-state index in [9.17, 15) is 4.79 Å². The Labute approximate surface area is 174 Å². The highest BCUT2D eigenvalue weighted by molar-refractivity contribution is 5.94. The molecule has 1 amide bonds.